The molecule has 3 aromatic rings. The van der Waals surface area contributed by atoms with E-state index in [4.69, 9.17) is 4.74 Å². The number of rotatable bonds is 6. The Morgan fingerprint density at radius 1 is 1.10 bits per heavy atom. The maximum Gasteiger partial charge on any atom is 0.339 e. The lowest BCUT2D eigenvalue weighted by Gasteiger charge is -2.19. The van der Waals surface area contributed by atoms with E-state index in [0.717, 1.165) is 22.3 Å². The molecule has 150 valence electrons. The summed E-state index contributed by atoms with van der Waals surface area (Å²) in [6, 6.07) is 13.0. The number of benzene rings is 2. The van der Waals surface area contributed by atoms with Crippen molar-refractivity contribution in [2.24, 2.45) is 7.05 Å². The van der Waals surface area contributed by atoms with Crippen molar-refractivity contribution in [3.05, 3.63) is 88.5 Å². The maximum atomic E-state index is 12.6. The molecule has 0 aliphatic carbocycles. The quantitative estimate of drug-likeness (QED) is 0.654. The summed E-state index contributed by atoms with van der Waals surface area (Å²) < 4.78 is 7.15. The average molecular weight is 391 g/mol. The molecular weight excluding hydrogens is 366 g/mol. The Morgan fingerprint density at radius 3 is 2.34 bits per heavy atom. The molecule has 0 bridgehead atoms. The van der Waals surface area contributed by atoms with Crippen LogP contribution in [0.2, 0.25) is 0 Å². The molecular formula is C23H25N3O3. The number of hydrogen-bond donors (Lipinski definition) is 1. The Morgan fingerprint density at radius 2 is 1.76 bits per heavy atom. The number of carbonyl (C=O) groups excluding carboxylic acids is 2. The van der Waals surface area contributed by atoms with Gasteiger partial charge >= 0.3 is 5.97 Å². The lowest BCUT2D eigenvalue weighted by molar-refractivity contribution is -0.124. The number of carbonyl (C=O) groups is 2. The van der Waals surface area contributed by atoms with Crippen LogP contribution in [0.3, 0.4) is 0 Å². The number of aromatic nitrogens is 2. The summed E-state index contributed by atoms with van der Waals surface area (Å²) in [5.41, 5.74) is 4.15. The molecule has 0 saturated carbocycles. The molecule has 1 atom stereocenters. The van der Waals surface area contributed by atoms with E-state index < -0.39 is 17.9 Å². The first kappa shape index (κ1) is 20.3. The third-order valence-corrected chi connectivity index (χ3v) is 4.77. The molecule has 0 aliphatic rings. The van der Waals surface area contributed by atoms with Crippen LogP contribution in [-0.4, -0.2) is 28.0 Å². The van der Waals surface area contributed by atoms with E-state index in [2.05, 4.69) is 10.3 Å². The molecule has 1 unspecified atom stereocenters. The molecule has 1 amide bonds. The first-order valence-electron chi connectivity index (χ1n) is 9.43. The second-order valence-corrected chi connectivity index (χ2v) is 7.16. The van der Waals surface area contributed by atoms with E-state index >= 15 is 0 Å². The van der Waals surface area contributed by atoms with Crippen molar-refractivity contribution in [3.8, 4) is 0 Å². The first-order valence-corrected chi connectivity index (χ1v) is 9.43. The number of aryl methyl sites for hydroxylation is 4. The van der Waals surface area contributed by atoms with Gasteiger partial charge in [0.1, 0.15) is 11.9 Å². The smallest absolute Gasteiger partial charge is 0.339 e. The van der Waals surface area contributed by atoms with E-state index in [9.17, 15) is 9.59 Å². The highest BCUT2D eigenvalue weighted by Gasteiger charge is 2.22. The molecule has 3 rings (SSSR count). The van der Waals surface area contributed by atoms with Crippen molar-refractivity contribution >= 4 is 11.9 Å². The van der Waals surface area contributed by atoms with Gasteiger partial charge in [0.15, 0.2) is 6.61 Å². The maximum absolute atomic E-state index is 12.6. The number of imidazole rings is 1. The van der Waals surface area contributed by atoms with Gasteiger partial charge in [-0.1, -0.05) is 48.0 Å². The number of hydrogen-bond acceptors (Lipinski definition) is 4. The summed E-state index contributed by atoms with van der Waals surface area (Å²) in [4.78, 5) is 29.4. The molecule has 29 heavy (non-hydrogen) atoms. The van der Waals surface area contributed by atoms with Gasteiger partial charge in [-0.2, -0.15) is 0 Å². The van der Waals surface area contributed by atoms with Gasteiger partial charge in [-0.15, -0.1) is 0 Å². The third kappa shape index (κ3) is 4.71. The second kappa shape index (κ2) is 8.73. The molecule has 0 radical (unpaired) electrons. The summed E-state index contributed by atoms with van der Waals surface area (Å²) >= 11 is 0. The van der Waals surface area contributed by atoms with E-state index in [1.807, 2.05) is 81.0 Å². The highest BCUT2D eigenvalue weighted by atomic mass is 16.5. The van der Waals surface area contributed by atoms with Crippen LogP contribution >= 0.6 is 0 Å². The topological polar surface area (TPSA) is 73.2 Å². The van der Waals surface area contributed by atoms with Crippen molar-refractivity contribution in [3.63, 3.8) is 0 Å². The van der Waals surface area contributed by atoms with Crippen LogP contribution in [0, 0.1) is 20.8 Å². The normalized spacial score (nSPS) is 11.7. The summed E-state index contributed by atoms with van der Waals surface area (Å²) in [6.07, 6.45) is 3.50. The fraction of sp³-hybridized carbons (Fsp3) is 0.261. The van der Waals surface area contributed by atoms with Crippen molar-refractivity contribution in [1.29, 1.82) is 0 Å². The van der Waals surface area contributed by atoms with Crippen LogP contribution in [0.1, 0.15) is 44.5 Å². The highest BCUT2D eigenvalue weighted by Crippen LogP contribution is 2.20. The van der Waals surface area contributed by atoms with Gasteiger partial charge in [-0.25, -0.2) is 9.78 Å². The standard InChI is InChI=1S/C23H25N3O3/c1-15-12-16(2)20(17(3)13-15)23(28)29-14-19(27)25-21(18-8-6-5-7-9-18)22-24-10-11-26(22)4/h5-13,21H,14H2,1-4H3,(H,25,27). The minimum Gasteiger partial charge on any atom is -0.452 e. The van der Waals surface area contributed by atoms with Crippen LogP contribution in [0.5, 0.6) is 0 Å². The number of nitrogens with one attached hydrogen (secondary N) is 1. The predicted octanol–water partition coefficient (Wildman–Crippen LogP) is 3.41. The summed E-state index contributed by atoms with van der Waals surface area (Å²) in [5.74, 6) is -0.192. The summed E-state index contributed by atoms with van der Waals surface area (Å²) in [5, 5.41) is 2.92. The summed E-state index contributed by atoms with van der Waals surface area (Å²) in [6.45, 7) is 5.34. The Kier molecular flexibility index (Phi) is 6.12. The van der Waals surface area contributed by atoms with Gasteiger partial charge < -0.3 is 14.6 Å². The highest BCUT2D eigenvalue weighted by molar-refractivity contribution is 5.94. The van der Waals surface area contributed by atoms with Crippen molar-refractivity contribution in [1.82, 2.24) is 14.9 Å². The molecule has 1 heterocycles. The Balaban J connectivity index is 1.71. The first-order chi connectivity index (χ1) is 13.9. The van der Waals surface area contributed by atoms with Gasteiger partial charge in [0.25, 0.3) is 5.91 Å². The third-order valence-electron chi connectivity index (χ3n) is 4.77. The van der Waals surface area contributed by atoms with Crippen molar-refractivity contribution < 1.29 is 14.3 Å². The molecule has 0 fully saturated rings. The molecule has 0 aliphatic heterocycles. The number of ether oxygens (including phenoxy) is 1. The number of nitrogens with zero attached hydrogens (tertiary/aromatic N) is 2. The van der Waals surface area contributed by atoms with E-state index in [1.165, 1.54) is 0 Å². The Labute approximate surface area is 170 Å². The molecule has 0 saturated heterocycles. The molecule has 6 nitrogen and oxygen atoms in total. The monoisotopic (exact) mass is 391 g/mol. The Bertz CT molecular complexity index is 1000. The van der Waals surface area contributed by atoms with Crippen molar-refractivity contribution in [2.75, 3.05) is 6.61 Å². The zero-order chi connectivity index (χ0) is 21.0. The van der Waals surface area contributed by atoms with Gasteiger partial charge in [0.05, 0.1) is 5.56 Å². The molecule has 2 aromatic carbocycles. The van der Waals surface area contributed by atoms with Gasteiger partial charge in [-0.05, 0) is 37.5 Å². The van der Waals surface area contributed by atoms with Crippen LogP contribution in [0.4, 0.5) is 0 Å². The van der Waals surface area contributed by atoms with Gasteiger partial charge in [-0.3, -0.25) is 4.79 Å². The number of esters is 1. The minimum absolute atomic E-state index is 0.362. The predicted molar refractivity (Wildman–Crippen MR) is 111 cm³/mol. The Hall–Kier alpha value is -3.41. The SMILES string of the molecule is Cc1cc(C)c(C(=O)OCC(=O)NC(c2ccccc2)c2nccn2C)c(C)c1. The minimum atomic E-state index is -0.497. The largest absolute Gasteiger partial charge is 0.452 e. The van der Waals surface area contributed by atoms with Crippen molar-refractivity contribution in [2.45, 2.75) is 26.8 Å². The van der Waals surface area contributed by atoms with E-state index in [1.54, 1.807) is 6.20 Å². The number of amides is 1. The second-order valence-electron chi connectivity index (χ2n) is 7.16. The van der Waals surface area contributed by atoms with Crippen LogP contribution in [-0.2, 0) is 16.6 Å². The lowest BCUT2D eigenvalue weighted by Crippen LogP contribution is -2.34. The fourth-order valence-electron chi connectivity index (χ4n) is 3.51. The van der Waals surface area contributed by atoms with E-state index in [-0.39, 0.29) is 6.61 Å². The van der Waals surface area contributed by atoms with Crippen LogP contribution in [0.15, 0.2) is 54.9 Å². The molecule has 1 N–H and O–H groups in total. The zero-order valence-electron chi connectivity index (χ0n) is 17.1. The fourth-order valence-corrected chi connectivity index (χ4v) is 3.51. The van der Waals surface area contributed by atoms with Crippen LogP contribution < -0.4 is 5.32 Å². The molecule has 0 spiro atoms. The zero-order valence-corrected chi connectivity index (χ0v) is 17.1. The van der Waals surface area contributed by atoms with Gasteiger partial charge in [0.2, 0.25) is 0 Å². The van der Waals surface area contributed by atoms with Gasteiger partial charge in [0, 0.05) is 19.4 Å². The molecule has 1 aromatic heterocycles. The average Bonchev–Trinajstić information content (AvgIpc) is 3.10. The lowest BCUT2D eigenvalue weighted by atomic mass is 10.00. The molecule has 6 heteroatoms. The van der Waals surface area contributed by atoms with Crippen LogP contribution in [0.25, 0.3) is 0 Å². The van der Waals surface area contributed by atoms with E-state index in [0.29, 0.717) is 11.4 Å². The summed E-state index contributed by atoms with van der Waals surface area (Å²) in [7, 11) is 1.87.